The minimum Gasteiger partial charge on any atom is -0.482 e. The van der Waals surface area contributed by atoms with Gasteiger partial charge < -0.3 is 20.7 Å². The second kappa shape index (κ2) is 8.87. The number of nitrogens with zero attached hydrogens (tertiary/aromatic N) is 4. The van der Waals surface area contributed by atoms with E-state index in [-0.39, 0.29) is 29.1 Å². The number of pyridine rings is 1. The van der Waals surface area contributed by atoms with Gasteiger partial charge in [0.25, 0.3) is 0 Å². The van der Waals surface area contributed by atoms with Gasteiger partial charge in [-0.2, -0.15) is 5.10 Å². The molecule has 0 saturated carbocycles. The number of nitrogens with two attached hydrogens (primary N) is 1. The number of halogens is 1. The topological polar surface area (TPSA) is 98.3 Å². The van der Waals surface area contributed by atoms with Gasteiger partial charge in [-0.1, -0.05) is 18.2 Å². The number of nitrogen functional groups attached to an aromatic ring is 1. The summed E-state index contributed by atoms with van der Waals surface area (Å²) in [7, 11) is 0. The van der Waals surface area contributed by atoms with E-state index in [9.17, 15) is 9.18 Å². The molecule has 1 aromatic carbocycles. The third kappa shape index (κ3) is 4.31. The van der Waals surface area contributed by atoms with Crippen LogP contribution in [-0.2, 0) is 12.0 Å². The highest BCUT2D eigenvalue weighted by molar-refractivity contribution is 5.75. The Hall–Kier alpha value is -3.62. The van der Waals surface area contributed by atoms with Crippen molar-refractivity contribution in [1.82, 2.24) is 25.0 Å². The number of ether oxygens (including phenoxy) is 1. The molecule has 2 amide bonds. The van der Waals surface area contributed by atoms with Gasteiger partial charge in [0.05, 0.1) is 5.69 Å². The van der Waals surface area contributed by atoms with Crippen molar-refractivity contribution in [2.24, 2.45) is 0 Å². The number of anilines is 1. The quantitative estimate of drug-likeness (QED) is 0.571. The zero-order valence-electron chi connectivity index (χ0n) is 20.3. The largest absolute Gasteiger partial charge is 0.482 e. The summed E-state index contributed by atoms with van der Waals surface area (Å²) in [4.78, 5) is 18.8. The van der Waals surface area contributed by atoms with Gasteiger partial charge in [0.15, 0.2) is 11.6 Å². The Bertz CT molecular complexity index is 1260. The Labute approximate surface area is 204 Å². The van der Waals surface area contributed by atoms with Crippen LogP contribution in [0.2, 0.25) is 0 Å². The first-order valence-corrected chi connectivity index (χ1v) is 12.1. The van der Waals surface area contributed by atoms with Crippen molar-refractivity contribution in [1.29, 1.82) is 0 Å². The molecular formula is C26H31FN6O2. The van der Waals surface area contributed by atoms with Crippen molar-refractivity contribution < 1.29 is 13.9 Å². The van der Waals surface area contributed by atoms with E-state index >= 15 is 0 Å². The third-order valence-corrected chi connectivity index (χ3v) is 7.00. The fourth-order valence-corrected chi connectivity index (χ4v) is 5.15. The standard InChI is InChI=1S/C26H31FN6O2/c1-16(2)30-25(34)32-10-8-26(15-32)9-11-33-23(26)13-21(31-33)18-12-22(24(28)29-14-18)35-17(3)19-6-4-5-7-20(19)27/h4-7,12-14,16-17H,8-11,15H2,1-3H3,(H2,28,29)(H,30,34)/t17?,26-/m1/s1. The second-order valence-corrected chi connectivity index (χ2v) is 9.83. The molecule has 1 saturated heterocycles. The maximum absolute atomic E-state index is 14.2. The van der Waals surface area contributed by atoms with E-state index in [1.165, 1.54) is 6.07 Å². The van der Waals surface area contributed by atoms with Crippen LogP contribution in [0.15, 0.2) is 42.6 Å². The molecule has 9 heteroatoms. The Kier molecular flexibility index (Phi) is 5.86. The average Bonchev–Trinajstić information content (AvgIpc) is 3.52. The number of hydrogen-bond donors (Lipinski definition) is 2. The van der Waals surface area contributed by atoms with E-state index in [1.54, 1.807) is 37.4 Å². The number of aromatic nitrogens is 3. The molecule has 184 valence electrons. The zero-order chi connectivity index (χ0) is 24.7. The molecule has 1 spiro atoms. The zero-order valence-corrected chi connectivity index (χ0v) is 20.3. The summed E-state index contributed by atoms with van der Waals surface area (Å²) in [5, 5.41) is 7.82. The first-order valence-electron chi connectivity index (χ1n) is 12.1. The summed E-state index contributed by atoms with van der Waals surface area (Å²) < 4.78 is 22.2. The predicted molar refractivity (Wildman–Crippen MR) is 131 cm³/mol. The lowest BCUT2D eigenvalue weighted by Gasteiger charge is -2.24. The summed E-state index contributed by atoms with van der Waals surface area (Å²) >= 11 is 0. The molecule has 0 aliphatic carbocycles. The summed E-state index contributed by atoms with van der Waals surface area (Å²) in [6.45, 7) is 7.94. The van der Waals surface area contributed by atoms with Gasteiger partial charge in [0.2, 0.25) is 0 Å². The van der Waals surface area contributed by atoms with Gasteiger partial charge in [-0.3, -0.25) is 4.68 Å². The molecule has 4 heterocycles. The van der Waals surface area contributed by atoms with Crippen LogP contribution in [0.25, 0.3) is 11.3 Å². The maximum Gasteiger partial charge on any atom is 0.317 e. The van der Waals surface area contributed by atoms with Crippen LogP contribution in [0.1, 0.15) is 51.0 Å². The number of benzene rings is 1. The molecule has 3 N–H and O–H groups in total. The van der Waals surface area contributed by atoms with Crippen LogP contribution in [0.4, 0.5) is 15.0 Å². The highest BCUT2D eigenvalue weighted by atomic mass is 19.1. The van der Waals surface area contributed by atoms with Crippen LogP contribution in [0.3, 0.4) is 0 Å². The number of fused-ring (bicyclic) bond motifs is 2. The molecule has 2 aliphatic heterocycles. The predicted octanol–water partition coefficient (Wildman–Crippen LogP) is 4.27. The maximum atomic E-state index is 14.2. The van der Waals surface area contributed by atoms with E-state index in [0.29, 0.717) is 17.9 Å². The number of nitrogens with one attached hydrogen (secondary N) is 1. The summed E-state index contributed by atoms with van der Waals surface area (Å²) in [6, 6.07) is 10.5. The lowest BCUT2D eigenvalue weighted by molar-refractivity contribution is 0.203. The highest BCUT2D eigenvalue weighted by Gasteiger charge is 2.47. The lowest BCUT2D eigenvalue weighted by atomic mass is 9.82. The molecule has 3 aromatic rings. The molecule has 35 heavy (non-hydrogen) atoms. The molecule has 0 radical (unpaired) electrons. The van der Waals surface area contributed by atoms with E-state index in [4.69, 9.17) is 15.6 Å². The summed E-state index contributed by atoms with van der Waals surface area (Å²) in [6.07, 6.45) is 3.03. The Morgan fingerprint density at radius 2 is 1.97 bits per heavy atom. The minimum atomic E-state index is -0.535. The van der Waals surface area contributed by atoms with Crippen LogP contribution in [0, 0.1) is 5.82 Å². The van der Waals surface area contributed by atoms with Gasteiger partial charge in [0, 0.05) is 54.1 Å². The van der Waals surface area contributed by atoms with Crippen molar-refractivity contribution in [3.05, 3.63) is 59.7 Å². The first-order chi connectivity index (χ1) is 16.8. The molecule has 8 nitrogen and oxygen atoms in total. The van der Waals surface area contributed by atoms with Crippen molar-refractivity contribution >= 4 is 11.8 Å². The third-order valence-electron chi connectivity index (χ3n) is 7.00. The molecule has 1 unspecified atom stereocenters. The number of carbonyl (C=O) groups is 1. The molecule has 1 fully saturated rings. The highest BCUT2D eigenvalue weighted by Crippen LogP contribution is 2.44. The summed E-state index contributed by atoms with van der Waals surface area (Å²) in [5.41, 5.74) is 9.15. The number of aryl methyl sites for hydroxylation is 1. The number of urea groups is 1. The van der Waals surface area contributed by atoms with Crippen molar-refractivity contribution in [2.45, 2.75) is 57.7 Å². The monoisotopic (exact) mass is 478 g/mol. The molecule has 2 atom stereocenters. The Balaban J connectivity index is 1.37. The Morgan fingerprint density at radius 3 is 2.74 bits per heavy atom. The Morgan fingerprint density at radius 1 is 1.20 bits per heavy atom. The number of amides is 2. The van der Waals surface area contributed by atoms with Crippen LogP contribution in [-0.4, -0.2) is 44.8 Å². The number of rotatable bonds is 5. The van der Waals surface area contributed by atoms with Gasteiger partial charge in [0.1, 0.15) is 11.9 Å². The summed E-state index contributed by atoms with van der Waals surface area (Å²) in [5.74, 6) is 0.299. The van der Waals surface area contributed by atoms with Crippen molar-refractivity contribution in [2.75, 3.05) is 18.8 Å². The van der Waals surface area contributed by atoms with E-state index in [2.05, 4.69) is 16.4 Å². The number of carbonyl (C=O) groups excluding carboxylic acids is 1. The number of likely N-dealkylation sites (tertiary alicyclic amines) is 1. The van der Waals surface area contributed by atoms with Crippen LogP contribution in [0.5, 0.6) is 5.75 Å². The molecule has 2 aromatic heterocycles. The average molecular weight is 479 g/mol. The SMILES string of the molecule is CC(C)NC(=O)N1CC[C@@]2(CCn3nc(-c4cnc(N)c(OC(C)c5ccccc5F)c4)cc32)C1. The fraction of sp³-hybridized carbons (Fsp3) is 0.423. The normalized spacial score (nSPS) is 19.9. The second-order valence-electron chi connectivity index (χ2n) is 9.83. The molecule has 2 aliphatic rings. The van der Waals surface area contributed by atoms with Gasteiger partial charge >= 0.3 is 6.03 Å². The minimum absolute atomic E-state index is 0.0106. The number of hydrogen-bond acceptors (Lipinski definition) is 5. The van der Waals surface area contributed by atoms with Gasteiger partial charge in [-0.05, 0) is 51.8 Å². The van der Waals surface area contributed by atoms with Crippen molar-refractivity contribution in [3.8, 4) is 17.0 Å². The smallest absolute Gasteiger partial charge is 0.317 e. The van der Waals surface area contributed by atoms with Crippen LogP contribution < -0.4 is 15.8 Å². The van der Waals surface area contributed by atoms with Gasteiger partial charge in [-0.25, -0.2) is 14.2 Å². The lowest BCUT2D eigenvalue weighted by Crippen LogP contribution is -2.43. The fourth-order valence-electron chi connectivity index (χ4n) is 5.15. The molecular weight excluding hydrogens is 447 g/mol. The molecule has 5 rings (SSSR count). The first kappa shape index (κ1) is 23.1. The van der Waals surface area contributed by atoms with Crippen LogP contribution >= 0.6 is 0 Å². The van der Waals surface area contributed by atoms with E-state index < -0.39 is 6.10 Å². The molecule has 0 bridgehead atoms. The van der Waals surface area contributed by atoms with Gasteiger partial charge in [-0.15, -0.1) is 0 Å². The van der Waals surface area contributed by atoms with Crippen molar-refractivity contribution in [3.63, 3.8) is 0 Å². The van der Waals surface area contributed by atoms with E-state index in [1.807, 2.05) is 23.4 Å². The van der Waals surface area contributed by atoms with E-state index in [0.717, 1.165) is 42.9 Å².